The zero-order valence-corrected chi connectivity index (χ0v) is 9.29. The average Bonchev–Trinajstić information content (AvgIpc) is 2.15. The molecule has 0 unspecified atom stereocenters. The minimum atomic E-state index is 0.787. The molecule has 13 heavy (non-hydrogen) atoms. The Bertz CT molecular complexity index is 235. The Morgan fingerprint density at radius 2 is 2.00 bits per heavy atom. The highest BCUT2D eigenvalue weighted by Gasteiger charge is 1.91. The maximum Gasteiger partial charge on any atom is 0.0407 e. The summed E-state index contributed by atoms with van der Waals surface area (Å²) < 4.78 is 0. The second-order valence-corrected chi connectivity index (χ2v) is 4.20. The number of hydrogen-bond acceptors (Lipinski definition) is 2. The summed E-state index contributed by atoms with van der Waals surface area (Å²) in [7, 11) is 0. The van der Waals surface area contributed by atoms with Crippen molar-refractivity contribution in [3.8, 4) is 0 Å². The fraction of sp³-hybridized carbons (Fsp3) is 0.400. The number of halogens is 1. The Morgan fingerprint density at radius 1 is 1.31 bits per heavy atom. The molecule has 1 aromatic carbocycles. The highest BCUT2D eigenvalue weighted by Crippen LogP contribution is 2.13. The first-order valence-electron chi connectivity index (χ1n) is 4.31. The van der Waals surface area contributed by atoms with E-state index in [-0.39, 0.29) is 0 Å². The number of benzene rings is 1. The molecule has 3 heteroatoms. The van der Waals surface area contributed by atoms with Gasteiger partial charge in [0, 0.05) is 17.3 Å². The molecule has 1 aromatic rings. The fourth-order valence-corrected chi connectivity index (χ4v) is 1.58. The molecule has 0 aliphatic rings. The quantitative estimate of drug-likeness (QED) is 0.755. The predicted octanol–water partition coefficient (Wildman–Crippen LogP) is 3.51. The van der Waals surface area contributed by atoms with Crippen molar-refractivity contribution >= 4 is 29.1 Å². The molecule has 0 fully saturated rings. The van der Waals surface area contributed by atoms with Gasteiger partial charge in [0.15, 0.2) is 0 Å². The lowest BCUT2D eigenvalue weighted by molar-refractivity contribution is 0.993. The van der Waals surface area contributed by atoms with E-state index in [1.165, 1.54) is 12.2 Å². The first-order chi connectivity index (χ1) is 6.33. The molecule has 0 aromatic heterocycles. The van der Waals surface area contributed by atoms with Crippen LogP contribution in [0.15, 0.2) is 24.3 Å². The molecule has 1 rings (SSSR count). The summed E-state index contributed by atoms with van der Waals surface area (Å²) in [6, 6.07) is 7.81. The lowest BCUT2D eigenvalue weighted by Gasteiger charge is -2.04. The third-order valence-electron chi connectivity index (χ3n) is 1.70. The van der Waals surface area contributed by atoms with E-state index in [9.17, 15) is 0 Å². The molecule has 72 valence electrons. The fourth-order valence-electron chi connectivity index (χ4n) is 1.02. The maximum absolute atomic E-state index is 5.76. The molecule has 1 nitrogen and oxygen atoms in total. The molecule has 1 N–H and O–H groups in total. The topological polar surface area (TPSA) is 12.0 Å². The van der Waals surface area contributed by atoms with E-state index < -0.39 is 0 Å². The van der Waals surface area contributed by atoms with Crippen molar-refractivity contribution in [3.05, 3.63) is 29.3 Å². The van der Waals surface area contributed by atoms with Gasteiger partial charge in [-0.1, -0.05) is 11.6 Å². The van der Waals surface area contributed by atoms with E-state index in [1.54, 1.807) is 0 Å². The van der Waals surface area contributed by atoms with Crippen LogP contribution in [-0.4, -0.2) is 18.6 Å². The monoisotopic (exact) mass is 215 g/mol. The lowest BCUT2D eigenvalue weighted by Crippen LogP contribution is -2.01. The van der Waals surface area contributed by atoms with Crippen LogP contribution in [0.4, 0.5) is 5.69 Å². The molecule has 0 spiro atoms. The largest absolute Gasteiger partial charge is 0.385 e. The smallest absolute Gasteiger partial charge is 0.0407 e. The number of hydrogen-bond donors (Lipinski definition) is 1. The molecule has 0 bridgehead atoms. The molecular weight excluding hydrogens is 202 g/mol. The van der Waals surface area contributed by atoms with Gasteiger partial charge in [0.25, 0.3) is 0 Å². The van der Waals surface area contributed by atoms with Crippen molar-refractivity contribution in [2.45, 2.75) is 6.42 Å². The van der Waals surface area contributed by atoms with Crippen molar-refractivity contribution < 1.29 is 0 Å². The summed E-state index contributed by atoms with van der Waals surface area (Å²) in [4.78, 5) is 0. The van der Waals surface area contributed by atoms with Crippen molar-refractivity contribution in [3.63, 3.8) is 0 Å². The Labute approximate surface area is 88.9 Å². The van der Waals surface area contributed by atoms with E-state index >= 15 is 0 Å². The highest BCUT2D eigenvalue weighted by molar-refractivity contribution is 7.98. The zero-order chi connectivity index (χ0) is 9.52. The van der Waals surface area contributed by atoms with Crippen molar-refractivity contribution in [2.24, 2.45) is 0 Å². The van der Waals surface area contributed by atoms with Crippen LogP contribution in [-0.2, 0) is 0 Å². The summed E-state index contributed by atoms with van der Waals surface area (Å²) in [5, 5.41) is 4.12. The van der Waals surface area contributed by atoms with Gasteiger partial charge >= 0.3 is 0 Å². The van der Waals surface area contributed by atoms with Crippen LogP contribution in [0.3, 0.4) is 0 Å². The van der Waals surface area contributed by atoms with Gasteiger partial charge in [-0.05, 0) is 42.7 Å². The number of nitrogens with one attached hydrogen (secondary N) is 1. The van der Waals surface area contributed by atoms with Crippen molar-refractivity contribution in [2.75, 3.05) is 23.9 Å². The summed E-state index contributed by atoms with van der Waals surface area (Å²) in [6.07, 6.45) is 3.33. The summed E-state index contributed by atoms with van der Waals surface area (Å²) in [6.45, 7) is 1.03. The second kappa shape index (κ2) is 6.17. The van der Waals surface area contributed by atoms with E-state index in [0.29, 0.717) is 0 Å². The van der Waals surface area contributed by atoms with Crippen LogP contribution in [0.1, 0.15) is 6.42 Å². The van der Waals surface area contributed by atoms with Gasteiger partial charge in [-0.15, -0.1) is 0 Å². The van der Waals surface area contributed by atoms with Crippen LogP contribution >= 0.6 is 23.4 Å². The SMILES string of the molecule is CSCCCNc1ccc(Cl)cc1. The molecular formula is C10H14ClNS. The van der Waals surface area contributed by atoms with Crippen molar-refractivity contribution in [1.82, 2.24) is 0 Å². The van der Waals surface area contributed by atoms with Crippen molar-refractivity contribution in [1.29, 1.82) is 0 Å². The number of rotatable bonds is 5. The van der Waals surface area contributed by atoms with Crippen LogP contribution < -0.4 is 5.32 Å². The molecule has 0 aliphatic heterocycles. The number of thioether (sulfide) groups is 1. The van der Waals surface area contributed by atoms with Gasteiger partial charge in [-0.3, -0.25) is 0 Å². The Balaban J connectivity index is 2.25. The van der Waals surface area contributed by atoms with E-state index in [4.69, 9.17) is 11.6 Å². The van der Waals surface area contributed by atoms with Crippen LogP contribution in [0, 0.1) is 0 Å². The Kier molecular flexibility index (Phi) is 5.09. The average molecular weight is 216 g/mol. The molecule has 0 heterocycles. The maximum atomic E-state index is 5.76. The second-order valence-electron chi connectivity index (χ2n) is 2.78. The van der Waals surface area contributed by atoms with Gasteiger partial charge in [0.05, 0.1) is 0 Å². The summed E-state index contributed by atoms with van der Waals surface area (Å²) >= 11 is 7.64. The zero-order valence-electron chi connectivity index (χ0n) is 7.72. The van der Waals surface area contributed by atoms with Crippen LogP contribution in [0.2, 0.25) is 5.02 Å². The minimum absolute atomic E-state index is 0.787. The standard InChI is InChI=1S/C10H14ClNS/c1-13-8-2-7-12-10-5-3-9(11)4-6-10/h3-6,12H,2,7-8H2,1H3. The van der Waals surface area contributed by atoms with Crippen LogP contribution in [0.25, 0.3) is 0 Å². The van der Waals surface area contributed by atoms with Gasteiger partial charge in [0.2, 0.25) is 0 Å². The number of anilines is 1. The summed E-state index contributed by atoms with van der Waals surface area (Å²) in [5.41, 5.74) is 1.14. The lowest BCUT2D eigenvalue weighted by atomic mass is 10.3. The van der Waals surface area contributed by atoms with Gasteiger partial charge in [-0.2, -0.15) is 11.8 Å². The Morgan fingerprint density at radius 3 is 2.62 bits per heavy atom. The van der Waals surface area contributed by atoms with Gasteiger partial charge < -0.3 is 5.32 Å². The van der Waals surface area contributed by atoms with E-state index in [1.807, 2.05) is 36.0 Å². The van der Waals surface area contributed by atoms with E-state index in [0.717, 1.165) is 17.3 Å². The first kappa shape index (κ1) is 10.7. The van der Waals surface area contributed by atoms with Crippen LogP contribution in [0.5, 0.6) is 0 Å². The third kappa shape index (κ3) is 4.44. The summed E-state index contributed by atoms with van der Waals surface area (Å²) in [5.74, 6) is 1.21. The molecule has 0 aliphatic carbocycles. The minimum Gasteiger partial charge on any atom is -0.385 e. The molecule has 0 saturated carbocycles. The highest BCUT2D eigenvalue weighted by atomic mass is 35.5. The Hall–Kier alpha value is -0.340. The molecule has 0 radical (unpaired) electrons. The predicted molar refractivity (Wildman–Crippen MR) is 62.9 cm³/mol. The van der Waals surface area contributed by atoms with E-state index in [2.05, 4.69) is 11.6 Å². The molecule has 0 saturated heterocycles. The van der Waals surface area contributed by atoms with Gasteiger partial charge in [0.1, 0.15) is 0 Å². The first-order valence-corrected chi connectivity index (χ1v) is 6.08. The van der Waals surface area contributed by atoms with Gasteiger partial charge in [-0.25, -0.2) is 0 Å². The molecule has 0 atom stereocenters. The normalized spacial score (nSPS) is 10.0. The molecule has 0 amide bonds. The third-order valence-corrected chi connectivity index (χ3v) is 2.65.